The van der Waals surface area contributed by atoms with E-state index in [-0.39, 0.29) is 11.9 Å². The zero-order valence-corrected chi connectivity index (χ0v) is 14.7. The van der Waals surface area contributed by atoms with Gasteiger partial charge in [0, 0.05) is 24.3 Å². The molecule has 1 amide bonds. The molecule has 2 aromatic rings. The van der Waals surface area contributed by atoms with E-state index in [0.29, 0.717) is 12.1 Å². The van der Waals surface area contributed by atoms with Gasteiger partial charge in [0.1, 0.15) is 0 Å². The lowest BCUT2D eigenvalue weighted by atomic mass is 10.0. The van der Waals surface area contributed by atoms with E-state index in [1.807, 2.05) is 42.5 Å². The number of benzene rings is 2. The van der Waals surface area contributed by atoms with Crippen LogP contribution in [0.3, 0.4) is 0 Å². The fraction of sp³-hybridized carbons (Fsp3) is 0.381. The Labute approximate surface area is 149 Å². The van der Waals surface area contributed by atoms with E-state index in [4.69, 9.17) is 0 Å². The molecule has 1 aliphatic rings. The minimum atomic E-state index is -0.401. The van der Waals surface area contributed by atoms with Crippen LogP contribution >= 0.6 is 0 Å². The third-order valence-corrected chi connectivity index (χ3v) is 4.74. The average molecular weight is 338 g/mol. The van der Waals surface area contributed by atoms with Crippen molar-refractivity contribution >= 4 is 11.6 Å². The summed E-state index contributed by atoms with van der Waals surface area (Å²) in [6.07, 6.45) is 2.19. The second-order valence-corrected chi connectivity index (χ2v) is 6.64. The predicted molar refractivity (Wildman–Crippen MR) is 101 cm³/mol. The van der Waals surface area contributed by atoms with Crippen molar-refractivity contribution in [3.63, 3.8) is 0 Å². The molecule has 1 saturated heterocycles. The van der Waals surface area contributed by atoms with Crippen molar-refractivity contribution in [1.29, 1.82) is 0 Å². The number of nitrogens with zero attached hydrogens (tertiary/aromatic N) is 1. The van der Waals surface area contributed by atoms with Crippen LogP contribution in [-0.4, -0.2) is 35.1 Å². The average Bonchev–Trinajstić information content (AvgIpc) is 2.66. The molecule has 2 aromatic carbocycles. The number of β-amino-alcohol motifs (C(OH)–C–C–N with tert-alkyl or cyclic N) is 1. The van der Waals surface area contributed by atoms with Gasteiger partial charge in [-0.15, -0.1) is 0 Å². The van der Waals surface area contributed by atoms with E-state index in [9.17, 15) is 9.90 Å². The molecule has 0 aromatic heterocycles. The second-order valence-electron chi connectivity index (χ2n) is 6.64. The molecule has 2 atom stereocenters. The molecular formula is C21H26N2O2. The summed E-state index contributed by atoms with van der Waals surface area (Å²) in [5, 5.41) is 13.3. The third-order valence-electron chi connectivity index (χ3n) is 4.74. The molecule has 132 valence electrons. The van der Waals surface area contributed by atoms with Gasteiger partial charge in [-0.25, -0.2) is 0 Å². The van der Waals surface area contributed by atoms with E-state index >= 15 is 0 Å². The Hall–Kier alpha value is -2.33. The maximum atomic E-state index is 12.7. The number of carbonyl (C=O) groups is 1. The number of rotatable bonds is 5. The van der Waals surface area contributed by atoms with Gasteiger partial charge in [-0.1, -0.05) is 43.3 Å². The molecule has 1 fully saturated rings. The molecule has 0 spiro atoms. The van der Waals surface area contributed by atoms with Crippen molar-refractivity contribution in [3.05, 3.63) is 65.7 Å². The van der Waals surface area contributed by atoms with Crippen LogP contribution in [0, 0.1) is 0 Å². The first-order chi connectivity index (χ1) is 12.2. The van der Waals surface area contributed by atoms with Gasteiger partial charge in [-0.3, -0.25) is 4.79 Å². The highest BCUT2D eigenvalue weighted by atomic mass is 16.3. The summed E-state index contributed by atoms with van der Waals surface area (Å²) in [6, 6.07) is 18.2. The highest BCUT2D eigenvalue weighted by Crippen LogP contribution is 2.24. The molecule has 1 aliphatic heterocycles. The minimum absolute atomic E-state index is 0.00448. The van der Waals surface area contributed by atoms with Crippen molar-refractivity contribution in [2.45, 2.75) is 38.3 Å². The van der Waals surface area contributed by atoms with Crippen molar-refractivity contribution in [3.8, 4) is 0 Å². The summed E-state index contributed by atoms with van der Waals surface area (Å²) in [5.41, 5.74) is 2.85. The Bertz CT molecular complexity index is 702. The van der Waals surface area contributed by atoms with Crippen molar-refractivity contribution in [1.82, 2.24) is 4.90 Å². The number of hydrogen-bond acceptors (Lipinski definition) is 3. The van der Waals surface area contributed by atoms with Crippen LogP contribution in [0.1, 0.15) is 48.1 Å². The van der Waals surface area contributed by atoms with Crippen molar-refractivity contribution in [2.75, 3.05) is 18.4 Å². The summed E-state index contributed by atoms with van der Waals surface area (Å²) in [7, 11) is 0. The summed E-state index contributed by atoms with van der Waals surface area (Å²) in [4.78, 5) is 14.5. The van der Waals surface area contributed by atoms with E-state index in [1.54, 1.807) is 4.90 Å². The minimum Gasteiger partial charge on any atom is -0.391 e. The SMILES string of the molecule is CCC(Nc1cccc(C(=O)N2CCCC(O)C2)c1)c1ccccc1. The molecule has 0 saturated carbocycles. The first kappa shape index (κ1) is 17.5. The first-order valence-electron chi connectivity index (χ1n) is 9.06. The molecule has 0 aliphatic carbocycles. The molecule has 25 heavy (non-hydrogen) atoms. The fourth-order valence-corrected chi connectivity index (χ4v) is 3.37. The van der Waals surface area contributed by atoms with Crippen molar-refractivity contribution in [2.24, 2.45) is 0 Å². The Kier molecular flexibility index (Phi) is 5.71. The van der Waals surface area contributed by atoms with Gasteiger partial charge >= 0.3 is 0 Å². The maximum absolute atomic E-state index is 12.7. The number of carbonyl (C=O) groups excluding carboxylic acids is 1. The number of aliphatic hydroxyl groups excluding tert-OH is 1. The highest BCUT2D eigenvalue weighted by Gasteiger charge is 2.23. The number of piperidine rings is 1. The maximum Gasteiger partial charge on any atom is 0.254 e. The van der Waals surface area contributed by atoms with Gasteiger partial charge in [0.25, 0.3) is 5.91 Å². The van der Waals surface area contributed by atoms with E-state index in [0.717, 1.165) is 31.5 Å². The Morgan fingerprint density at radius 3 is 2.76 bits per heavy atom. The summed E-state index contributed by atoms with van der Waals surface area (Å²) in [6.45, 7) is 3.29. The lowest BCUT2D eigenvalue weighted by Crippen LogP contribution is -2.42. The summed E-state index contributed by atoms with van der Waals surface area (Å²) < 4.78 is 0. The van der Waals surface area contributed by atoms with Crippen LogP contribution in [0.25, 0.3) is 0 Å². The molecule has 0 bridgehead atoms. The zero-order valence-electron chi connectivity index (χ0n) is 14.7. The van der Waals surface area contributed by atoms with Crippen LogP contribution in [0.15, 0.2) is 54.6 Å². The molecule has 2 N–H and O–H groups in total. The number of aliphatic hydroxyl groups is 1. The Balaban J connectivity index is 1.73. The molecule has 0 radical (unpaired) electrons. The molecule has 4 heteroatoms. The van der Waals surface area contributed by atoms with Crippen LogP contribution in [0.2, 0.25) is 0 Å². The van der Waals surface area contributed by atoms with Crippen LogP contribution < -0.4 is 5.32 Å². The number of likely N-dealkylation sites (tertiary alicyclic amines) is 1. The van der Waals surface area contributed by atoms with Gasteiger partial charge in [-0.05, 0) is 43.0 Å². The fourth-order valence-electron chi connectivity index (χ4n) is 3.37. The number of hydrogen-bond donors (Lipinski definition) is 2. The van der Waals surface area contributed by atoms with E-state index in [1.165, 1.54) is 5.56 Å². The Morgan fingerprint density at radius 2 is 2.04 bits per heavy atom. The smallest absolute Gasteiger partial charge is 0.254 e. The van der Waals surface area contributed by atoms with E-state index in [2.05, 4.69) is 24.4 Å². The van der Waals surface area contributed by atoms with Crippen LogP contribution in [-0.2, 0) is 0 Å². The molecule has 1 heterocycles. The standard InChI is InChI=1S/C21H26N2O2/c1-2-20(16-8-4-3-5-9-16)22-18-11-6-10-17(14-18)21(25)23-13-7-12-19(24)15-23/h3-6,8-11,14,19-20,22,24H,2,7,12-13,15H2,1H3. The lowest BCUT2D eigenvalue weighted by molar-refractivity contribution is 0.0474. The van der Waals surface area contributed by atoms with Gasteiger partial charge in [0.2, 0.25) is 0 Å². The third kappa shape index (κ3) is 4.40. The van der Waals surface area contributed by atoms with Crippen LogP contribution in [0.4, 0.5) is 5.69 Å². The zero-order chi connectivity index (χ0) is 17.6. The summed E-state index contributed by atoms with van der Waals surface area (Å²) >= 11 is 0. The lowest BCUT2D eigenvalue weighted by Gasteiger charge is -2.30. The molecule has 3 rings (SSSR count). The number of nitrogens with one attached hydrogen (secondary N) is 1. The van der Waals surface area contributed by atoms with Gasteiger partial charge in [0.05, 0.1) is 12.1 Å². The molecule has 4 nitrogen and oxygen atoms in total. The van der Waals surface area contributed by atoms with Gasteiger partial charge < -0.3 is 15.3 Å². The number of amides is 1. The molecular weight excluding hydrogens is 312 g/mol. The predicted octanol–water partition coefficient (Wildman–Crippen LogP) is 3.85. The topological polar surface area (TPSA) is 52.6 Å². The first-order valence-corrected chi connectivity index (χ1v) is 9.06. The monoisotopic (exact) mass is 338 g/mol. The quantitative estimate of drug-likeness (QED) is 0.871. The van der Waals surface area contributed by atoms with Crippen molar-refractivity contribution < 1.29 is 9.90 Å². The highest BCUT2D eigenvalue weighted by molar-refractivity contribution is 5.95. The number of anilines is 1. The summed E-state index contributed by atoms with van der Waals surface area (Å²) in [5.74, 6) is -0.00448. The largest absolute Gasteiger partial charge is 0.391 e. The second kappa shape index (κ2) is 8.17. The Morgan fingerprint density at radius 1 is 1.24 bits per heavy atom. The molecule has 2 unspecified atom stereocenters. The van der Waals surface area contributed by atoms with Gasteiger partial charge in [0.15, 0.2) is 0 Å². The van der Waals surface area contributed by atoms with E-state index < -0.39 is 6.10 Å². The van der Waals surface area contributed by atoms with Gasteiger partial charge in [-0.2, -0.15) is 0 Å². The normalized spacial score (nSPS) is 18.6. The van der Waals surface area contributed by atoms with Crippen LogP contribution in [0.5, 0.6) is 0 Å².